The maximum Gasteiger partial charge on any atom is -0.00988 e. The summed E-state index contributed by atoms with van der Waals surface area (Å²) >= 11 is 0. The van der Waals surface area contributed by atoms with Crippen LogP contribution in [0.2, 0.25) is 0 Å². The molecule has 0 aliphatic heterocycles. The van der Waals surface area contributed by atoms with Gasteiger partial charge in [-0.1, -0.05) is 364 Å². The second-order valence-corrected chi connectivity index (χ2v) is 30.7. The van der Waals surface area contributed by atoms with Crippen molar-refractivity contribution in [3.8, 4) is 100 Å². The summed E-state index contributed by atoms with van der Waals surface area (Å²) in [6.07, 6.45) is 0. The minimum absolute atomic E-state index is 1.22. The Morgan fingerprint density at radius 1 is 0.0789 bits per heavy atom. The Hall–Kier alpha value is -14.8. The molecule has 0 aliphatic carbocycles. The van der Waals surface area contributed by atoms with Crippen LogP contribution in [0.5, 0.6) is 0 Å². The van der Waals surface area contributed by atoms with Crippen molar-refractivity contribution in [1.82, 2.24) is 0 Å². The SMILES string of the molecule is c1ccc2c(c1)ccc1cc(-c3ccc(-c4ccc5cc(-c6ccc(-c7ccc8cc(-c9ccc%10c(ccc%11ccccc%11%10)c9)ccc8c7)cc6)ccc5c4)cc3)ccc12.c1ccc2c(c1)ccc1cc(-c3ccc4cc(-c5ccc(-c6ccc7cc(-c8cc9ccccc9c9ccccc89)ccc7c6)cc5)ccc4c3)ccc12. The van der Waals surface area contributed by atoms with Crippen molar-refractivity contribution in [1.29, 1.82) is 0 Å². The molecule has 0 spiro atoms. The Balaban J connectivity index is 0.000000140. The molecule has 23 aromatic carbocycles. The van der Waals surface area contributed by atoms with E-state index >= 15 is 0 Å². The fourth-order valence-corrected chi connectivity index (χ4v) is 17.8. The van der Waals surface area contributed by atoms with Gasteiger partial charge in [0.05, 0.1) is 0 Å². The Bertz CT molecular complexity index is 7810. The molecule has 0 N–H and O–H groups in total. The van der Waals surface area contributed by atoms with E-state index in [1.807, 2.05) is 0 Å². The highest BCUT2D eigenvalue weighted by Crippen LogP contribution is 2.42. The highest BCUT2D eigenvalue weighted by Gasteiger charge is 2.15. The average molecular weight is 1440 g/mol. The fraction of sp³-hybridized carbons (Fsp3) is 0. The van der Waals surface area contributed by atoms with E-state index in [4.69, 9.17) is 0 Å². The molecule has 0 nitrogen and oxygen atoms in total. The zero-order chi connectivity index (χ0) is 75.2. The van der Waals surface area contributed by atoms with Crippen LogP contribution >= 0.6 is 0 Å². The number of hydrogen-bond donors (Lipinski definition) is 0. The first-order valence-corrected chi connectivity index (χ1v) is 39.5. The third kappa shape index (κ3) is 12.1. The fourth-order valence-electron chi connectivity index (χ4n) is 17.8. The largest absolute Gasteiger partial charge is 0.0616 e. The van der Waals surface area contributed by atoms with E-state index < -0.39 is 0 Å². The lowest BCUT2D eigenvalue weighted by Crippen LogP contribution is -1.86. The third-order valence-electron chi connectivity index (χ3n) is 24.0. The van der Waals surface area contributed by atoms with Crippen LogP contribution in [0.3, 0.4) is 0 Å². The van der Waals surface area contributed by atoms with Crippen molar-refractivity contribution >= 4 is 129 Å². The minimum Gasteiger partial charge on any atom is -0.0616 e. The van der Waals surface area contributed by atoms with Gasteiger partial charge in [-0.25, -0.2) is 0 Å². The van der Waals surface area contributed by atoms with Crippen LogP contribution in [0.25, 0.3) is 229 Å². The van der Waals surface area contributed by atoms with Gasteiger partial charge in [0.25, 0.3) is 0 Å². The van der Waals surface area contributed by atoms with E-state index in [9.17, 15) is 0 Å². The Labute approximate surface area is 661 Å². The summed E-state index contributed by atoms with van der Waals surface area (Å²) in [7, 11) is 0. The normalized spacial score (nSPS) is 11.7. The molecule has 0 bridgehead atoms. The van der Waals surface area contributed by atoms with Crippen LogP contribution in [0, 0.1) is 0 Å². The van der Waals surface area contributed by atoms with Gasteiger partial charge in [0.1, 0.15) is 0 Å². The second-order valence-electron chi connectivity index (χ2n) is 30.7. The number of fused-ring (bicyclic) bond motifs is 16. The molecule has 23 aromatic rings. The molecule has 0 aromatic heterocycles. The van der Waals surface area contributed by atoms with E-state index in [-0.39, 0.29) is 0 Å². The minimum atomic E-state index is 1.22. The van der Waals surface area contributed by atoms with Crippen molar-refractivity contribution in [3.63, 3.8) is 0 Å². The first-order chi connectivity index (χ1) is 56.4. The highest BCUT2D eigenvalue weighted by molar-refractivity contribution is 6.15. The topological polar surface area (TPSA) is 0 Å². The van der Waals surface area contributed by atoms with Crippen molar-refractivity contribution in [3.05, 3.63) is 437 Å². The van der Waals surface area contributed by atoms with Gasteiger partial charge in [-0.05, 0) is 302 Å². The van der Waals surface area contributed by atoms with E-state index in [0.29, 0.717) is 0 Å². The quantitative estimate of drug-likeness (QED) is 0.126. The number of benzene rings is 23. The first-order valence-electron chi connectivity index (χ1n) is 39.5. The van der Waals surface area contributed by atoms with Gasteiger partial charge in [0.15, 0.2) is 0 Å². The molecule has 23 rings (SSSR count). The van der Waals surface area contributed by atoms with Gasteiger partial charge in [0, 0.05) is 0 Å². The molecule has 0 aliphatic rings. The van der Waals surface area contributed by atoms with E-state index in [1.165, 1.54) is 229 Å². The monoisotopic (exact) mass is 1440 g/mol. The molecule has 0 atom stereocenters. The summed E-state index contributed by atoms with van der Waals surface area (Å²) < 4.78 is 0. The molecule has 0 amide bonds. The molecule has 0 radical (unpaired) electrons. The second kappa shape index (κ2) is 27.6. The molecule has 0 unspecified atom stereocenters. The highest BCUT2D eigenvalue weighted by atomic mass is 14.2. The van der Waals surface area contributed by atoms with Crippen LogP contribution in [0.4, 0.5) is 0 Å². The summed E-state index contributed by atoms with van der Waals surface area (Å²) in [5, 5.41) is 30.6. The number of hydrogen-bond acceptors (Lipinski definition) is 0. The predicted molar refractivity (Wildman–Crippen MR) is 492 cm³/mol. The van der Waals surface area contributed by atoms with E-state index in [2.05, 4.69) is 437 Å². The molecule has 0 heterocycles. The Morgan fingerprint density at radius 2 is 0.237 bits per heavy atom. The summed E-state index contributed by atoms with van der Waals surface area (Å²) in [6, 6.07) is 161. The van der Waals surface area contributed by atoms with Crippen LogP contribution in [-0.4, -0.2) is 0 Å². The van der Waals surface area contributed by atoms with Crippen molar-refractivity contribution in [2.24, 2.45) is 0 Å². The molecule has 114 heavy (non-hydrogen) atoms. The molecular formula is C114H72. The van der Waals surface area contributed by atoms with Crippen LogP contribution in [-0.2, 0) is 0 Å². The van der Waals surface area contributed by atoms with Gasteiger partial charge >= 0.3 is 0 Å². The Morgan fingerprint density at radius 3 is 0.526 bits per heavy atom. The van der Waals surface area contributed by atoms with E-state index in [0.717, 1.165) is 0 Å². The number of rotatable bonds is 9. The molecule has 0 saturated carbocycles. The zero-order valence-electron chi connectivity index (χ0n) is 62.6. The van der Waals surface area contributed by atoms with Gasteiger partial charge in [-0.2, -0.15) is 0 Å². The molecule has 0 saturated heterocycles. The molecular weight excluding hydrogens is 1370 g/mol. The lowest BCUT2D eigenvalue weighted by Gasteiger charge is -2.12. The zero-order valence-corrected chi connectivity index (χ0v) is 62.6. The van der Waals surface area contributed by atoms with Gasteiger partial charge < -0.3 is 0 Å². The summed E-state index contributed by atoms with van der Waals surface area (Å²) in [6.45, 7) is 0. The summed E-state index contributed by atoms with van der Waals surface area (Å²) in [4.78, 5) is 0. The molecule has 0 fully saturated rings. The summed E-state index contributed by atoms with van der Waals surface area (Å²) in [5.41, 5.74) is 22.2. The standard InChI is InChI=1S/C60H38.C54H34/c1-3-7-57-43(5-1)17-27-55-37-48(29-31-59(55)57)42-15-13-41(14-16-42)46-20-23-49-33-45(19-22-50(49)34-46)39-9-11-40(12-10-39)47-21-24-52-36-53(26-25-51(52)35-47)54-30-32-60-56(38-54)28-18-44-6-2-4-8-58(44)60;1-3-9-49-37(7-1)17-25-47-32-45(27-28-51(47)49)42-23-22-40-29-38(18-20-41(40)31-42)35-13-15-36(16-14-35)39-19-21-44-33-48(26-24-43(44)30-39)54-34-46-8-2-4-10-50(46)52-11-5-6-12-53(52)54/h1-38H;1-34H. The van der Waals surface area contributed by atoms with Crippen molar-refractivity contribution < 1.29 is 0 Å². The van der Waals surface area contributed by atoms with Gasteiger partial charge in [-0.3, -0.25) is 0 Å². The smallest absolute Gasteiger partial charge is 0.00988 e. The maximum atomic E-state index is 2.34. The first kappa shape index (κ1) is 66.2. The third-order valence-corrected chi connectivity index (χ3v) is 24.0. The predicted octanol–water partition coefficient (Wildman–Crippen LogP) is 32.2. The average Bonchev–Trinajstić information content (AvgIpc) is 0.770. The van der Waals surface area contributed by atoms with E-state index in [1.54, 1.807) is 0 Å². The van der Waals surface area contributed by atoms with Gasteiger partial charge in [-0.15, -0.1) is 0 Å². The van der Waals surface area contributed by atoms with Crippen LogP contribution in [0.1, 0.15) is 0 Å². The summed E-state index contributed by atoms with van der Waals surface area (Å²) in [5.74, 6) is 0. The molecule has 528 valence electrons. The van der Waals surface area contributed by atoms with Crippen LogP contribution < -0.4 is 0 Å². The molecule has 0 heteroatoms. The Kier molecular flexibility index (Phi) is 16.0. The van der Waals surface area contributed by atoms with Gasteiger partial charge in [0.2, 0.25) is 0 Å². The van der Waals surface area contributed by atoms with Crippen molar-refractivity contribution in [2.75, 3.05) is 0 Å². The maximum absolute atomic E-state index is 2.34. The van der Waals surface area contributed by atoms with Crippen molar-refractivity contribution in [2.45, 2.75) is 0 Å². The lowest BCUT2D eigenvalue weighted by atomic mass is 9.91. The lowest BCUT2D eigenvalue weighted by molar-refractivity contribution is 1.60. The van der Waals surface area contributed by atoms with Crippen LogP contribution in [0.15, 0.2) is 437 Å².